The largest absolute Gasteiger partial charge is 0.366 e. The molecule has 5 heteroatoms. The van der Waals surface area contributed by atoms with E-state index in [0.29, 0.717) is 17.9 Å². The molecule has 106 valence electrons. The second-order valence-electron chi connectivity index (χ2n) is 5.88. The van der Waals surface area contributed by atoms with Crippen molar-refractivity contribution < 1.29 is 4.92 Å². The molecular weight excluding hydrogens is 266 g/mol. The number of aryl methyl sites for hydroxylation is 1. The van der Waals surface area contributed by atoms with Crippen molar-refractivity contribution in [2.24, 2.45) is 5.92 Å². The van der Waals surface area contributed by atoms with E-state index in [2.05, 4.69) is 34.6 Å². The lowest BCUT2D eigenvalue weighted by molar-refractivity contribution is -0.385. The first-order valence-electron chi connectivity index (χ1n) is 7.10. The first kappa shape index (κ1) is 12.3. The average molecular weight is 281 g/mol. The van der Waals surface area contributed by atoms with E-state index < -0.39 is 4.92 Å². The number of rotatable bonds is 3. The minimum atomic E-state index is -0.411. The summed E-state index contributed by atoms with van der Waals surface area (Å²) in [6.07, 6.45) is 2.44. The van der Waals surface area contributed by atoms with Crippen LogP contribution in [0.2, 0.25) is 0 Å². The zero-order valence-electron chi connectivity index (χ0n) is 11.6. The standard InChI is InChI=1S/C16H15N3O2/c1-9-6-11(19(20)21)8-17-16(9)18-15-13-7-10-4-2-3-5-12(10)14(13)15/h2-6,8,13-15H,7H2,1H3,(H,17,18). The monoisotopic (exact) mass is 281 g/mol. The lowest BCUT2D eigenvalue weighted by Crippen LogP contribution is -2.12. The SMILES string of the molecule is Cc1cc([N+](=O)[O-])cnc1NC1C2Cc3ccccc3C21. The van der Waals surface area contributed by atoms with Gasteiger partial charge in [0.25, 0.3) is 5.69 Å². The van der Waals surface area contributed by atoms with Crippen molar-refractivity contribution in [2.75, 3.05) is 5.32 Å². The van der Waals surface area contributed by atoms with Gasteiger partial charge in [0.15, 0.2) is 0 Å². The van der Waals surface area contributed by atoms with Crippen LogP contribution in [0, 0.1) is 23.0 Å². The maximum Gasteiger partial charge on any atom is 0.287 e. The van der Waals surface area contributed by atoms with Crippen molar-refractivity contribution >= 4 is 11.5 Å². The van der Waals surface area contributed by atoms with Gasteiger partial charge in [-0.15, -0.1) is 0 Å². The lowest BCUT2D eigenvalue weighted by atomic mass is 10.1. The number of anilines is 1. The third kappa shape index (κ3) is 1.88. The lowest BCUT2D eigenvalue weighted by Gasteiger charge is -2.11. The number of nitrogens with zero attached hydrogens (tertiary/aromatic N) is 2. The highest BCUT2D eigenvalue weighted by Crippen LogP contribution is 2.57. The fourth-order valence-electron chi connectivity index (χ4n) is 3.52. The van der Waals surface area contributed by atoms with Gasteiger partial charge in [-0.1, -0.05) is 24.3 Å². The molecule has 0 amide bonds. The molecular formula is C16H15N3O2. The van der Waals surface area contributed by atoms with Crippen molar-refractivity contribution in [3.8, 4) is 0 Å². The number of hydrogen-bond donors (Lipinski definition) is 1. The van der Waals surface area contributed by atoms with Crippen LogP contribution in [0.3, 0.4) is 0 Å². The Morgan fingerprint density at radius 3 is 2.95 bits per heavy atom. The molecule has 0 radical (unpaired) electrons. The molecule has 1 fully saturated rings. The van der Waals surface area contributed by atoms with Gasteiger partial charge in [0.1, 0.15) is 12.0 Å². The van der Waals surface area contributed by atoms with Crippen molar-refractivity contribution in [2.45, 2.75) is 25.3 Å². The maximum atomic E-state index is 10.7. The number of nitro groups is 1. The fourth-order valence-corrected chi connectivity index (χ4v) is 3.52. The van der Waals surface area contributed by atoms with E-state index in [1.807, 2.05) is 6.92 Å². The second-order valence-corrected chi connectivity index (χ2v) is 5.88. The number of benzene rings is 1. The van der Waals surface area contributed by atoms with Crippen molar-refractivity contribution in [3.05, 3.63) is 63.3 Å². The number of pyridine rings is 1. The molecule has 0 aliphatic heterocycles. The molecule has 3 unspecified atom stereocenters. The van der Waals surface area contributed by atoms with Gasteiger partial charge >= 0.3 is 0 Å². The Labute approximate surface area is 122 Å². The summed E-state index contributed by atoms with van der Waals surface area (Å²) in [6.45, 7) is 1.86. The van der Waals surface area contributed by atoms with Gasteiger partial charge in [-0.3, -0.25) is 10.1 Å². The Morgan fingerprint density at radius 1 is 1.38 bits per heavy atom. The molecule has 1 aromatic carbocycles. The van der Waals surface area contributed by atoms with E-state index >= 15 is 0 Å². The molecule has 2 aromatic rings. The topological polar surface area (TPSA) is 68.1 Å². The zero-order valence-corrected chi connectivity index (χ0v) is 11.6. The zero-order chi connectivity index (χ0) is 14.6. The van der Waals surface area contributed by atoms with Crippen LogP contribution in [0.5, 0.6) is 0 Å². The Hall–Kier alpha value is -2.43. The van der Waals surface area contributed by atoms with Crippen LogP contribution in [0.15, 0.2) is 36.5 Å². The van der Waals surface area contributed by atoms with Crippen LogP contribution in [-0.4, -0.2) is 15.9 Å². The molecule has 5 nitrogen and oxygen atoms in total. The van der Waals surface area contributed by atoms with E-state index in [4.69, 9.17) is 0 Å². The Kier molecular flexibility index (Phi) is 2.51. The number of fused-ring (bicyclic) bond motifs is 3. The smallest absolute Gasteiger partial charge is 0.287 e. The Balaban J connectivity index is 1.54. The van der Waals surface area contributed by atoms with Crippen LogP contribution >= 0.6 is 0 Å². The predicted octanol–water partition coefficient (Wildman–Crippen LogP) is 3.05. The highest BCUT2D eigenvalue weighted by Gasteiger charge is 2.55. The van der Waals surface area contributed by atoms with E-state index in [-0.39, 0.29) is 5.69 Å². The second kappa shape index (κ2) is 4.28. The molecule has 21 heavy (non-hydrogen) atoms. The highest BCUT2D eigenvalue weighted by atomic mass is 16.6. The van der Waals surface area contributed by atoms with Gasteiger partial charge in [-0.2, -0.15) is 0 Å². The Bertz CT molecular complexity index is 744. The third-order valence-electron chi connectivity index (χ3n) is 4.62. The van der Waals surface area contributed by atoms with Crippen LogP contribution in [-0.2, 0) is 6.42 Å². The average Bonchev–Trinajstić information content (AvgIpc) is 2.99. The van der Waals surface area contributed by atoms with Gasteiger partial charge in [-0.05, 0) is 36.0 Å². The maximum absolute atomic E-state index is 10.7. The number of aromatic nitrogens is 1. The summed E-state index contributed by atoms with van der Waals surface area (Å²) in [5.74, 6) is 1.97. The van der Waals surface area contributed by atoms with Crippen LogP contribution < -0.4 is 5.32 Å². The summed E-state index contributed by atoms with van der Waals surface area (Å²) in [5, 5.41) is 14.2. The molecule has 1 aromatic heterocycles. The summed E-state index contributed by atoms with van der Waals surface area (Å²) in [5.41, 5.74) is 3.76. The summed E-state index contributed by atoms with van der Waals surface area (Å²) < 4.78 is 0. The van der Waals surface area contributed by atoms with E-state index in [1.165, 1.54) is 17.3 Å². The van der Waals surface area contributed by atoms with Gasteiger partial charge in [-0.25, -0.2) is 4.98 Å². The van der Waals surface area contributed by atoms with Crippen molar-refractivity contribution in [1.29, 1.82) is 0 Å². The van der Waals surface area contributed by atoms with E-state index in [1.54, 1.807) is 6.07 Å². The predicted molar refractivity (Wildman–Crippen MR) is 79.4 cm³/mol. The minimum Gasteiger partial charge on any atom is -0.366 e. The van der Waals surface area contributed by atoms with Gasteiger partial charge in [0.2, 0.25) is 0 Å². The number of hydrogen-bond acceptors (Lipinski definition) is 4. The van der Waals surface area contributed by atoms with Crippen molar-refractivity contribution in [3.63, 3.8) is 0 Å². The molecule has 4 rings (SSSR count). The normalized spacial score (nSPS) is 25.1. The highest BCUT2D eigenvalue weighted by molar-refractivity contribution is 5.54. The van der Waals surface area contributed by atoms with Gasteiger partial charge in [0, 0.05) is 18.0 Å². The Morgan fingerprint density at radius 2 is 2.19 bits per heavy atom. The first-order valence-corrected chi connectivity index (χ1v) is 7.10. The van der Waals surface area contributed by atoms with Crippen molar-refractivity contribution in [1.82, 2.24) is 4.98 Å². The van der Waals surface area contributed by atoms with Crippen LogP contribution in [0.25, 0.3) is 0 Å². The molecule has 0 spiro atoms. The summed E-state index contributed by atoms with van der Waals surface area (Å²) in [4.78, 5) is 14.5. The number of nitrogens with one attached hydrogen (secondary N) is 1. The molecule has 0 saturated heterocycles. The van der Waals surface area contributed by atoms with Gasteiger partial charge in [0.05, 0.1) is 4.92 Å². The van der Waals surface area contributed by atoms with E-state index in [9.17, 15) is 10.1 Å². The van der Waals surface area contributed by atoms with Crippen LogP contribution in [0.1, 0.15) is 22.6 Å². The summed E-state index contributed by atoms with van der Waals surface area (Å²) >= 11 is 0. The van der Waals surface area contributed by atoms with Gasteiger partial charge < -0.3 is 5.32 Å². The minimum absolute atomic E-state index is 0.0411. The quantitative estimate of drug-likeness (QED) is 0.693. The molecule has 2 aliphatic rings. The van der Waals surface area contributed by atoms with Crippen LogP contribution in [0.4, 0.5) is 11.5 Å². The summed E-state index contributed by atoms with van der Waals surface area (Å²) in [7, 11) is 0. The molecule has 0 bridgehead atoms. The molecule has 1 saturated carbocycles. The first-order chi connectivity index (χ1) is 10.1. The molecule has 2 aliphatic carbocycles. The summed E-state index contributed by atoms with van der Waals surface area (Å²) in [6, 6.07) is 10.6. The molecule has 1 N–H and O–H groups in total. The molecule has 3 atom stereocenters. The molecule has 1 heterocycles. The fraction of sp³-hybridized carbons (Fsp3) is 0.312. The third-order valence-corrected chi connectivity index (χ3v) is 4.62. The van der Waals surface area contributed by atoms with E-state index in [0.717, 1.165) is 17.8 Å².